The summed E-state index contributed by atoms with van der Waals surface area (Å²) in [7, 11) is 1.73. The van der Waals surface area contributed by atoms with E-state index in [0.29, 0.717) is 16.8 Å². The molecule has 0 aliphatic rings. The van der Waals surface area contributed by atoms with Gasteiger partial charge in [0, 0.05) is 24.8 Å². The summed E-state index contributed by atoms with van der Waals surface area (Å²) in [6, 6.07) is 11.7. The van der Waals surface area contributed by atoms with Crippen LogP contribution in [0.3, 0.4) is 0 Å². The molecule has 6 heteroatoms. The minimum atomic E-state index is -4.37. The van der Waals surface area contributed by atoms with Gasteiger partial charge in [-0.3, -0.25) is 0 Å². The van der Waals surface area contributed by atoms with Crippen LogP contribution in [0.4, 0.5) is 18.9 Å². The predicted molar refractivity (Wildman–Crippen MR) is 77.2 cm³/mol. The molecule has 2 N–H and O–H groups in total. The van der Waals surface area contributed by atoms with Crippen molar-refractivity contribution in [3.05, 3.63) is 65.2 Å². The van der Waals surface area contributed by atoms with Crippen molar-refractivity contribution in [3.8, 4) is 0 Å². The van der Waals surface area contributed by atoms with Crippen LogP contribution in [0.1, 0.15) is 23.0 Å². The first-order chi connectivity index (χ1) is 10.3. The number of hydrogen-bond donors (Lipinski definition) is 2. The Hall–Kier alpha value is -2.05. The van der Waals surface area contributed by atoms with E-state index in [-0.39, 0.29) is 6.54 Å². The highest BCUT2D eigenvalue weighted by Crippen LogP contribution is 2.30. The van der Waals surface area contributed by atoms with Gasteiger partial charge in [0.2, 0.25) is 0 Å². The number of anilines is 1. The van der Waals surface area contributed by atoms with Gasteiger partial charge < -0.3 is 15.1 Å². The van der Waals surface area contributed by atoms with Crippen molar-refractivity contribution in [2.45, 2.75) is 19.0 Å². The largest absolute Gasteiger partial charge is 0.416 e. The fourth-order valence-corrected chi connectivity index (χ4v) is 2.13. The van der Waals surface area contributed by atoms with Crippen LogP contribution in [0.5, 0.6) is 0 Å². The zero-order valence-electron chi connectivity index (χ0n) is 11.9. The van der Waals surface area contributed by atoms with Crippen LogP contribution in [0.2, 0.25) is 0 Å². The Balaban J connectivity index is 2.18. The molecule has 22 heavy (non-hydrogen) atoms. The lowest BCUT2D eigenvalue weighted by Crippen LogP contribution is -2.17. The molecular weight excluding hydrogens is 295 g/mol. The van der Waals surface area contributed by atoms with Crippen LogP contribution >= 0.6 is 0 Å². The Morgan fingerprint density at radius 3 is 2.36 bits per heavy atom. The molecular formula is C16H16F3NO2. The second kappa shape index (κ2) is 6.37. The number of nitrogens with zero attached hydrogens (tertiary/aromatic N) is 1. The quantitative estimate of drug-likeness (QED) is 0.851. The summed E-state index contributed by atoms with van der Waals surface area (Å²) in [6.45, 7) is 0.273. The van der Waals surface area contributed by atoms with E-state index in [2.05, 4.69) is 0 Å². The Bertz CT molecular complexity index is 641. The average molecular weight is 311 g/mol. The SMILES string of the molecule is CN(Cc1cccc(C(F)(F)F)c1)c1cccc(C(O)O)c1. The van der Waals surface area contributed by atoms with Gasteiger partial charge in [-0.2, -0.15) is 13.2 Å². The van der Waals surface area contributed by atoms with Gasteiger partial charge in [0.1, 0.15) is 0 Å². The summed E-state index contributed by atoms with van der Waals surface area (Å²) in [5, 5.41) is 18.3. The van der Waals surface area contributed by atoms with E-state index in [1.54, 1.807) is 42.3 Å². The number of benzene rings is 2. The normalized spacial score (nSPS) is 11.8. The topological polar surface area (TPSA) is 43.7 Å². The number of aliphatic hydroxyl groups is 2. The molecule has 0 saturated heterocycles. The monoisotopic (exact) mass is 311 g/mol. The first-order valence-corrected chi connectivity index (χ1v) is 6.61. The molecule has 0 amide bonds. The maximum Gasteiger partial charge on any atom is 0.416 e. The maximum atomic E-state index is 12.7. The summed E-state index contributed by atoms with van der Waals surface area (Å²) in [4.78, 5) is 1.74. The van der Waals surface area contributed by atoms with Crippen molar-refractivity contribution in [3.63, 3.8) is 0 Å². The third kappa shape index (κ3) is 3.99. The fraction of sp³-hybridized carbons (Fsp3) is 0.250. The first kappa shape index (κ1) is 16.3. The van der Waals surface area contributed by atoms with Crippen LogP contribution in [0, 0.1) is 0 Å². The number of rotatable bonds is 4. The van der Waals surface area contributed by atoms with E-state index < -0.39 is 18.0 Å². The number of halogens is 3. The maximum absolute atomic E-state index is 12.7. The molecule has 0 atom stereocenters. The molecule has 0 saturated carbocycles. The van der Waals surface area contributed by atoms with Crippen molar-refractivity contribution < 1.29 is 23.4 Å². The van der Waals surface area contributed by atoms with E-state index in [1.165, 1.54) is 6.07 Å². The molecule has 0 radical (unpaired) electrons. The molecule has 3 nitrogen and oxygen atoms in total. The third-order valence-corrected chi connectivity index (χ3v) is 3.28. The van der Waals surface area contributed by atoms with E-state index in [9.17, 15) is 13.2 Å². The highest BCUT2D eigenvalue weighted by atomic mass is 19.4. The van der Waals surface area contributed by atoms with Gasteiger partial charge in [-0.1, -0.05) is 24.3 Å². The summed E-state index contributed by atoms with van der Waals surface area (Å²) in [5.74, 6) is 0. The lowest BCUT2D eigenvalue weighted by Gasteiger charge is -2.21. The third-order valence-electron chi connectivity index (χ3n) is 3.28. The molecule has 0 unspecified atom stereocenters. The minimum absolute atomic E-state index is 0.273. The minimum Gasteiger partial charge on any atom is -0.370 e. The molecule has 0 aliphatic carbocycles. The lowest BCUT2D eigenvalue weighted by atomic mass is 10.1. The molecule has 2 rings (SSSR count). The lowest BCUT2D eigenvalue weighted by molar-refractivity contribution is -0.137. The van der Waals surface area contributed by atoms with Crippen LogP contribution in [-0.4, -0.2) is 17.3 Å². The standard InChI is InChI=1S/C16H16F3NO2/c1-20(14-7-3-5-12(9-14)15(21)22)10-11-4-2-6-13(8-11)16(17,18)19/h2-9,15,21-22H,10H2,1H3. The van der Waals surface area contributed by atoms with Crippen molar-refractivity contribution >= 4 is 5.69 Å². The van der Waals surface area contributed by atoms with Gasteiger partial charge in [0.05, 0.1) is 5.56 Å². The van der Waals surface area contributed by atoms with Crippen LogP contribution in [0.25, 0.3) is 0 Å². The van der Waals surface area contributed by atoms with Gasteiger partial charge in [-0.05, 0) is 29.8 Å². The van der Waals surface area contributed by atoms with Crippen molar-refractivity contribution in [1.82, 2.24) is 0 Å². The molecule has 2 aromatic rings. The Morgan fingerprint density at radius 1 is 1.05 bits per heavy atom. The smallest absolute Gasteiger partial charge is 0.370 e. The second-order valence-corrected chi connectivity index (χ2v) is 5.02. The zero-order chi connectivity index (χ0) is 16.3. The molecule has 0 bridgehead atoms. The molecule has 0 fully saturated rings. The van der Waals surface area contributed by atoms with Gasteiger partial charge in [0.15, 0.2) is 6.29 Å². The van der Waals surface area contributed by atoms with Gasteiger partial charge in [-0.15, -0.1) is 0 Å². The molecule has 2 aromatic carbocycles. The van der Waals surface area contributed by atoms with Gasteiger partial charge in [0.25, 0.3) is 0 Å². The van der Waals surface area contributed by atoms with Crippen LogP contribution < -0.4 is 4.90 Å². The Kier molecular flexibility index (Phi) is 4.73. The molecule has 0 spiro atoms. The van der Waals surface area contributed by atoms with E-state index in [1.807, 2.05) is 0 Å². The first-order valence-electron chi connectivity index (χ1n) is 6.61. The van der Waals surface area contributed by atoms with Crippen LogP contribution in [-0.2, 0) is 12.7 Å². The van der Waals surface area contributed by atoms with E-state index >= 15 is 0 Å². The molecule has 0 heterocycles. The fourth-order valence-electron chi connectivity index (χ4n) is 2.13. The zero-order valence-corrected chi connectivity index (χ0v) is 11.9. The highest BCUT2D eigenvalue weighted by molar-refractivity contribution is 5.48. The predicted octanol–water partition coefficient (Wildman–Crippen LogP) is 3.33. The number of hydrogen-bond acceptors (Lipinski definition) is 3. The van der Waals surface area contributed by atoms with E-state index in [0.717, 1.165) is 12.1 Å². The highest BCUT2D eigenvalue weighted by Gasteiger charge is 2.30. The molecule has 0 aliphatic heterocycles. The van der Waals surface area contributed by atoms with Gasteiger partial charge in [-0.25, -0.2) is 0 Å². The van der Waals surface area contributed by atoms with Crippen molar-refractivity contribution in [2.24, 2.45) is 0 Å². The Labute approximate surface area is 126 Å². The average Bonchev–Trinajstić information content (AvgIpc) is 2.46. The van der Waals surface area contributed by atoms with Crippen LogP contribution in [0.15, 0.2) is 48.5 Å². The summed E-state index contributed by atoms with van der Waals surface area (Å²) >= 11 is 0. The summed E-state index contributed by atoms with van der Waals surface area (Å²) in [5.41, 5.74) is 0.849. The number of alkyl halides is 3. The second-order valence-electron chi connectivity index (χ2n) is 5.02. The summed E-state index contributed by atoms with van der Waals surface area (Å²) in [6.07, 6.45) is -5.95. The van der Waals surface area contributed by atoms with Crippen molar-refractivity contribution in [1.29, 1.82) is 0 Å². The molecule has 0 aromatic heterocycles. The number of aliphatic hydroxyl groups excluding tert-OH is 1. The van der Waals surface area contributed by atoms with E-state index in [4.69, 9.17) is 10.2 Å². The Morgan fingerprint density at radius 2 is 1.73 bits per heavy atom. The van der Waals surface area contributed by atoms with Gasteiger partial charge >= 0.3 is 6.18 Å². The summed E-state index contributed by atoms with van der Waals surface area (Å²) < 4.78 is 38.1. The van der Waals surface area contributed by atoms with Crippen molar-refractivity contribution in [2.75, 3.05) is 11.9 Å². The molecule has 118 valence electrons.